The molecule has 0 radical (unpaired) electrons. The molecule has 1 fully saturated rings. The molecule has 2 heterocycles. The average molecular weight is 320 g/mol. The summed E-state index contributed by atoms with van der Waals surface area (Å²) in [5, 5.41) is 10.6. The van der Waals surface area contributed by atoms with Gasteiger partial charge in [0.2, 0.25) is 0 Å². The molecule has 1 aliphatic rings. The van der Waals surface area contributed by atoms with Crippen molar-refractivity contribution in [3.05, 3.63) is 20.8 Å². The number of ether oxygens (including phenoxy) is 1. The molecule has 4 nitrogen and oxygen atoms in total. The first kappa shape index (κ1) is 13.0. The molecular weight excluding hydrogens is 306 g/mol. The largest absolute Gasteiger partial charge is 0.480 e. The van der Waals surface area contributed by atoms with Crippen molar-refractivity contribution in [2.75, 3.05) is 19.7 Å². The van der Waals surface area contributed by atoms with Crippen LogP contribution in [0.15, 0.2) is 15.9 Å². The molecule has 0 amide bonds. The van der Waals surface area contributed by atoms with Crippen molar-refractivity contribution in [1.29, 1.82) is 0 Å². The van der Waals surface area contributed by atoms with Gasteiger partial charge in [0, 0.05) is 29.0 Å². The van der Waals surface area contributed by atoms with E-state index in [1.165, 1.54) is 4.88 Å². The number of hydrogen-bond donors (Lipinski definition) is 1. The molecule has 0 saturated carbocycles. The smallest absolute Gasteiger partial charge is 0.329 e. The Bertz CT molecular complexity index is 415. The van der Waals surface area contributed by atoms with Gasteiger partial charge in [-0.25, -0.2) is 4.79 Å². The second-order valence-electron chi connectivity index (χ2n) is 4.47. The van der Waals surface area contributed by atoms with E-state index >= 15 is 0 Å². The number of carboxylic acid groups (broad SMARTS) is 1. The molecule has 1 saturated heterocycles. The second-order valence-corrected chi connectivity index (χ2v) is 6.32. The SMILES string of the molecule is CC1(OCC(=O)O)CN(Cc2sccc2Br)C1. The predicted molar refractivity (Wildman–Crippen MR) is 69.3 cm³/mol. The number of hydrogen-bond acceptors (Lipinski definition) is 4. The lowest BCUT2D eigenvalue weighted by molar-refractivity contribution is -0.165. The third-order valence-electron chi connectivity index (χ3n) is 2.72. The Balaban J connectivity index is 1.78. The maximum Gasteiger partial charge on any atom is 0.329 e. The molecule has 0 spiro atoms. The van der Waals surface area contributed by atoms with Crippen LogP contribution in [-0.4, -0.2) is 41.3 Å². The summed E-state index contributed by atoms with van der Waals surface area (Å²) in [7, 11) is 0. The molecule has 17 heavy (non-hydrogen) atoms. The van der Waals surface area contributed by atoms with E-state index < -0.39 is 5.97 Å². The highest BCUT2D eigenvalue weighted by molar-refractivity contribution is 9.10. The van der Waals surface area contributed by atoms with Gasteiger partial charge in [-0.2, -0.15) is 0 Å². The third-order valence-corrected chi connectivity index (χ3v) is 4.63. The zero-order valence-electron chi connectivity index (χ0n) is 9.48. The van der Waals surface area contributed by atoms with E-state index in [0.717, 1.165) is 24.1 Å². The predicted octanol–water partition coefficient (Wildman–Crippen LogP) is 2.19. The monoisotopic (exact) mass is 319 g/mol. The highest BCUT2D eigenvalue weighted by Gasteiger charge is 2.40. The first-order valence-corrected chi connectivity index (χ1v) is 6.96. The molecule has 0 atom stereocenters. The molecule has 0 aliphatic carbocycles. The van der Waals surface area contributed by atoms with Gasteiger partial charge < -0.3 is 9.84 Å². The van der Waals surface area contributed by atoms with Gasteiger partial charge in [-0.05, 0) is 34.3 Å². The van der Waals surface area contributed by atoms with E-state index in [0.29, 0.717) is 0 Å². The van der Waals surface area contributed by atoms with E-state index in [9.17, 15) is 4.79 Å². The van der Waals surface area contributed by atoms with E-state index in [1.807, 2.05) is 13.0 Å². The second kappa shape index (κ2) is 5.06. The summed E-state index contributed by atoms with van der Waals surface area (Å²) < 4.78 is 6.50. The van der Waals surface area contributed by atoms with Crippen molar-refractivity contribution >= 4 is 33.2 Å². The third kappa shape index (κ3) is 3.28. The van der Waals surface area contributed by atoms with Gasteiger partial charge >= 0.3 is 5.97 Å². The van der Waals surface area contributed by atoms with Gasteiger partial charge in [0.05, 0.1) is 5.60 Å². The van der Waals surface area contributed by atoms with Crippen LogP contribution in [0.4, 0.5) is 0 Å². The van der Waals surface area contributed by atoms with Gasteiger partial charge in [-0.1, -0.05) is 0 Å². The van der Waals surface area contributed by atoms with Crippen molar-refractivity contribution in [3.63, 3.8) is 0 Å². The van der Waals surface area contributed by atoms with Crippen LogP contribution >= 0.6 is 27.3 Å². The molecule has 0 bridgehead atoms. The molecule has 1 aromatic heterocycles. The van der Waals surface area contributed by atoms with Crippen molar-refractivity contribution in [2.45, 2.75) is 19.1 Å². The van der Waals surface area contributed by atoms with E-state index in [2.05, 4.69) is 26.2 Å². The Morgan fingerprint density at radius 3 is 2.94 bits per heavy atom. The first-order chi connectivity index (χ1) is 7.98. The van der Waals surface area contributed by atoms with Crippen LogP contribution in [0.5, 0.6) is 0 Å². The number of halogens is 1. The van der Waals surface area contributed by atoms with E-state index in [-0.39, 0.29) is 12.2 Å². The average Bonchev–Trinajstić information content (AvgIpc) is 2.59. The fourth-order valence-corrected chi connectivity index (χ4v) is 3.50. The summed E-state index contributed by atoms with van der Waals surface area (Å²) in [5.41, 5.74) is -0.303. The van der Waals surface area contributed by atoms with Crippen LogP contribution < -0.4 is 0 Å². The maximum atomic E-state index is 10.4. The van der Waals surface area contributed by atoms with Gasteiger partial charge in [0.25, 0.3) is 0 Å². The molecule has 94 valence electrons. The molecule has 1 N–H and O–H groups in total. The minimum absolute atomic E-state index is 0.215. The van der Waals surface area contributed by atoms with Gasteiger partial charge in [-0.15, -0.1) is 11.3 Å². The summed E-state index contributed by atoms with van der Waals surface area (Å²) in [6.45, 7) is 4.20. The topological polar surface area (TPSA) is 49.8 Å². The highest BCUT2D eigenvalue weighted by Crippen LogP contribution is 2.30. The Hall–Kier alpha value is -0.430. The Kier molecular flexibility index (Phi) is 3.87. The normalized spacial score (nSPS) is 18.9. The number of thiophene rings is 1. The molecule has 6 heteroatoms. The van der Waals surface area contributed by atoms with Crippen LogP contribution in [-0.2, 0) is 16.1 Å². The highest BCUT2D eigenvalue weighted by atomic mass is 79.9. The van der Waals surface area contributed by atoms with Crippen molar-refractivity contribution < 1.29 is 14.6 Å². The number of carbonyl (C=O) groups is 1. The Morgan fingerprint density at radius 1 is 1.71 bits per heavy atom. The molecule has 2 rings (SSSR count). The van der Waals surface area contributed by atoms with E-state index in [1.54, 1.807) is 11.3 Å². The molecular formula is C11H14BrNO3S. The van der Waals surface area contributed by atoms with E-state index in [4.69, 9.17) is 9.84 Å². The summed E-state index contributed by atoms with van der Waals surface area (Å²) in [6, 6.07) is 2.04. The van der Waals surface area contributed by atoms with Crippen molar-refractivity contribution in [1.82, 2.24) is 4.90 Å². The molecule has 0 aromatic carbocycles. The summed E-state index contributed by atoms with van der Waals surface area (Å²) in [6.07, 6.45) is 0. The lowest BCUT2D eigenvalue weighted by Gasteiger charge is -2.47. The fraction of sp³-hybridized carbons (Fsp3) is 0.545. The molecule has 0 unspecified atom stereocenters. The first-order valence-electron chi connectivity index (χ1n) is 5.28. The quantitative estimate of drug-likeness (QED) is 0.903. The molecule has 1 aliphatic heterocycles. The number of carboxylic acids is 1. The van der Waals surface area contributed by atoms with Crippen LogP contribution in [0.1, 0.15) is 11.8 Å². The van der Waals surface area contributed by atoms with Crippen LogP contribution in [0.25, 0.3) is 0 Å². The van der Waals surface area contributed by atoms with Gasteiger partial charge in [-0.3, -0.25) is 4.90 Å². The van der Waals surface area contributed by atoms with Crippen LogP contribution in [0, 0.1) is 0 Å². The summed E-state index contributed by atoms with van der Waals surface area (Å²) in [5.74, 6) is -0.911. The summed E-state index contributed by atoms with van der Waals surface area (Å²) in [4.78, 5) is 14.0. The minimum atomic E-state index is -0.911. The zero-order chi connectivity index (χ0) is 12.5. The lowest BCUT2D eigenvalue weighted by atomic mass is 9.96. The lowest BCUT2D eigenvalue weighted by Crippen LogP contribution is -2.61. The van der Waals surface area contributed by atoms with Gasteiger partial charge in [0.1, 0.15) is 6.61 Å². The Labute approximate surface area is 112 Å². The van der Waals surface area contributed by atoms with Crippen LogP contribution in [0.3, 0.4) is 0 Å². The standard InChI is InChI=1S/C11H14BrNO3S/c1-11(16-5-10(14)15)6-13(7-11)4-9-8(12)2-3-17-9/h2-3H,4-7H2,1H3,(H,14,15). The minimum Gasteiger partial charge on any atom is -0.480 e. The van der Waals surface area contributed by atoms with Crippen molar-refractivity contribution in [2.24, 2.45) is 0 Å². The number of aliphatic carboxylic acids is 1. The van der Waals surface area contributed by atoms with Crippen LogP contribution in [0.2, 0.25) is 0 Å². The number of rotatable bonds is 5. The fourth-order valence-electron chi connectivity index (χ4n) is 1.98. The Morgan fingerprint density at radius 2 is 2.41 bits per heavy atom. The number of likely N-dealkylation sites (tertiary alicyclic amines) is 1. The molecule has 1 aromatic rings. The van der Waals surface area contributed by atoms with Gasteiger partial charge in [0.15, 0.2) is 0 Å². The summed E-state index contributed by atoms with van der Waals surface area (Å²) >= 11 is 5.22. The number of nitrogens with zero attached hydrogens (tertiary/aromatic N) is 1. The zero-order valence-corrected chi connectivity index (χ0v) is 11.9. The van der Waals surface area contributed by atoms with Crippen molar-refractivity contribution in [3.8, 4) is 0 Å². The maximum absolute atomic E-state index is 10.4.